The summed E-state index contributed by atoms with van der Waals surface area (Å²) in [7, 11) is -3.03. The molecule has 1 saturated heterocycles. The summed E-state index contributed by atoms with van der Waals surface area (Å²) in [4.78, 5) is 12.4. The van der Waals surface area contributed by atoms with E-state index >= 15 is 0 Å². The van der Waals surface area contributed by atoms with Gasteiger partial charge in [-0.2, -0.15) is 5.10 Å². The number of aromatic nitrogens is 2. The molecule has 3 rings (SSSR count). The number of anilines is 1. The van der Waals surface area contributed by atoms with Gasteiger partial charge in [-0.15, -0.1) is 0 Å². The third-order valence-corrected chi connectivity index (χ3v) is 6.58. The fraction of sp³-hybridized carbons (Fsp3) is 0.444. The molecule has 2 heterocycles. The Hall–Kier alpha value is -1.90. The zero-order chi connectivity index (χ0) is 19.6. The van der Waals surface area contributed by atoms with Crippen molar-refractivity contribution in [3.05, 3.63) is 46.6 Å². The van der Waals surface area contributed by atoms with E-state index < -0.39 is 9.84 Å². The van der Waals surface area contributed by atoms with Crippen LogP contribution in [0.1, 0.15) is 36.7 Å². The van der Waals surface area contributed by atoms with Crippen molar-refractivity contribution in [2.24, 2.45) is 0 Å². The van der Waals surface area contributed by atoms with E-state index in [9.17, 15) is 13.2 Å². The normalized spacial score (nSPS) is 19.7. The van der Waals surface area contributed by atoms with E-state index in [1.54, 1.807) is 16.8 Å². The molecule has 1 amide bonds. The topological polar surface area (TPSA) is 93.1 Å². The number of nitrogens with zero attached hydrogens (tertiary/aromatic N) is 2. The summed E-state index contributed by atoms with van der Waals surface area (Å²) in [5.74, 6) is 0.520. The highest BCUT2D eigenvalue weighted by Gasteiger charge is 2.31. The zero-order valence-corrected chi connectivity index (χ0v) is 16.8. The number of rotatable bonds is 6. The molecule has 0 saturated carbocycles. The lowest BCUT2D eigenvalue weighted by molar-refractivity contribution is -0.115. The molecule has 0 spiro atoms. The van der Waals surface area contributed by atoms with Crippen LogP contribution in [0.2, 0.25) is 5.02 Å². The maximum Gasteiger partial charge on any atom is 0.239 e. The number of nitrogens with one attached hydrogen (secondary N) is 2. The Morgan fingerprint density at radius 1 is 1.41 bits per heavy atom. The molecule has 0 aliphatic carbocycles. The van der Waals surface area contributed by atoms with Crippen LogP contribution in [0.3, 0.4) is 0 Å². The molecule has 146 valence electrons. The van der Waals surface area contributed by atoms with Crippen LogP contribution in [0, 0.1) is 6.92 Å². The van der Waals surface area contributed by atoms with Crippen LogP contribution in [-0.4, -0.2) is 42.2 Å². The summed E-state index contributed by atoms with van der Waals surface area (Å²) < 4.78 is 25.1. The monoisotopic (exact) mass is 410 g/mol. The number of hydrogen-bond acceptors (Lipinski definition) is 5. The summed E-state index contributed by atoms with van der Waals surface area (Å²) in [5.41, 5.74) is 1.72. The van der Waals surface area contributed by atoms with Gasteiger partial charge in [-0.1, -0.05) is 23.7 Å². The first kappa shape index (κ1) is 19.9. The zero-order valence-electron chi connectivity index (χ0n) is 15.3. The highest BCUT2D eigenvalue weighted by molar-refractivity contribution is 7.91. The first-order chi connectivity index (χ1) is 12.7. The van der Waals surface area contributed by atoms with Crippen molar-refractivity contribution < 1.29 is 13.2 Å². The summed E-state index contributed by atoms with van der Waals surface area (Å²) in [6, 6.07) is 8.95. The molecule has 2 aromatic rings. The van der Waals surface area contributed by atoms with Crippen molar-refractivity contribution in [3.63, 3.8) is 0 Å². The Balaban J connectivity index is 1.61. The van der Waals surface area contributed by atoms with Gasteiger partial charge < -0.3 is 10.6 Å². The molecule has 1 aromatic heterocycles. The number of aryl methyl sites for hydroxylation is 1. The molecular weight excluding hydrogens is 388 g/mol. The Morgan fingerprint density at radius 3 is 2.85 bits per heavy atom. The molecule has 2 unspecified atom stereocenters. The lowest BCUT2D eigenvalue weighted by Gasteiger charge is -2.16. The molecular formula is C18H23ClN4O3S. The van der Waals surface area contributed by atoms with Crippen molar-refractivity contribution in [1.29, 1.82) is 0 Å². The van der Waals surface area contributed by atoms with Gasteiger partial charge in [-0.25, -0.2) is 13.1 Å². The van der Waals surface area contributed by atoms with Crippen LogP contribution in [0.25, 0.3) is 0 Å². The van der Waals surface area contributed by atoms with Gasteiger partial charge in [-0.05, 0) is 38.0 Å². The number of sulfone groups is 1. The quantitative estimate of drug-likeness (QED) is 0.763. The molecule has 9 heteroatoms. The summed E-state index contributed by atoms with van der Waals surface area (Å²) in [6.07, 6.45) is 0.510. The SMILES string of the molecule is Cc1cc(NC(=O)CNC(C)c2cccc(Cl)c2)n(C2CCS(=O)(=O)C2)n1. The van der Waals surface area contributed by atoms with E-state index in [4.69, 9.17) is 11.6 Å². The number of carbonyl (C=O) groups is 1. The predicted molar refractivity (Wildman–Crippen MR) is 106 cm³/mol. The van der Waals surface area contributed by atoms with Crippen LogP contribution >= 0.6 is 11.6 Å². The Kier molecular flexibility index (Phi) is 5.88. The smallest absolute Gasteiger partial charge is 0.239 e. The lowest BCUT2D eigenvalue weighted by Crippen LogP contribution is -2.31. The standard InChI is InChI=1S/C18H23ClN4O3S/c1-12-8-17(23(22-12)16-6-7-27(25,26)11-16)21-18(24)10-20-13(2)14-4-3-5-15(19)9-14/h3-5,8-9,13,16,20H,6-7,10-11H2,1-2H3,(H,21,24). The van der Waals surface area contributed by atoms with E-state index in [-0.39, 0.29) is 36.0 Å². The third-order valence-electron chi connectivity index (χ3n) is 4.60. The first-order valence-electron chi connectivity index (χ1n) is 8.79. The fourth-order valence-corrected chi connectivity index (χ4v) is 5.07. The second-order valence-electron chi connectivity index (χ2n) is 6.88. The molecule has 0 radical (unpaired) electrons. The summed E-state index contributed by atoms with van der Waals surface area (Å²) in [6.45, 7) is 3.88. The Bertz CT molecular complexity index is 942. The van der Waals surface area contributed by atoms with Crippen molar-refractivity contribution in [2.45, 2.75) is 32.4 Å². The van der Waals surface area contributed by atoms with Crippen LogP contribution in [0.5, 0.6) is 0 Å². The van der Waals surface area contributed by atoms with Gasteiger partial charge >= 0.3 is 0 Å². The molecule has 2 atom stereocenters. The molecule has 2 N–H and O–H groups in total. The predicted octanol–water partition coefficient (Wildman–Crippen LogP) is 2.49. The van der Waals surface area contributed by atoms with Gasteiger partial charge in [0.05, 0.1) is 29.8 Å². The maximum absolute atomic E-state index is 12.4. The third kappa shape index (κ3) is 5.09. The molecule has 1 aliphatic heterocycles. The highest BCUT2D eigenvalue weighted by Crippen LogP contribution is 2.27. The van der Waals surface area contributed by atoms with Crippen LogP contribution < -0.4 is 10.6 Å². The number of halogens is 1. The Labute approximate surface area is 164 Å². The van der Waals surface area contributed by atoms with E-state index in [1.165, 1.54) is 0 Å². The van der Waals surface area contributed by atoms with Gasteiger partial charge in [-0.3, -0.25) is 4.79 Å². The lowest BCUT2D eigenvalue weighted by atomic mass is 10.1. The van der Waals surface area contributed by atoms with Gasteiger partial charge in [0.1, 0.15) is 5.82 Å². The van der Waals surface area contributed by atoms with Crippen LogP contribution in [0.15, 0.2) is 30.3 Å². The summed E-state index contributed by atoms with van der Waals surface area (Å²) in [5, 5.41) is 11.0. The van der Waals surface area contributed by atoms with Crippen molar-refractivity contribution >= 4 is 33.2 Å². The highest BCUT2D eigenvalue weighted by atomic mass is 35.5. The van der Waals surface area contributed by atoms with Gasteiger partial charge in [0.25, 0.3) is 0 Å². The Morgan fingerprint density at radius 2 is 2.19 bits per heavy atom. The second kappa shape index (κ2) is 8.00. The molecule has 1 aromatic carbocycles. The van der Waals surface area contributed by atoms with Gasteiger partial charge in [0.2, 0.25) is 5.91 Å². The van der Waals surface area contributed by atoms with Crippen molar-refractivity contribution in [3.8, 4) is 0 Å². The average Bonchev–Trinajstić information content (AvgIpc) is 3.14. The fourth-order valence-electron chi connectivity index (χ4n) is 3.18. The minimum Gasteiger partial charge on any atom is -0.310 e. The number of hydrogen-bond donors (Lipinski definition) is 2. The second-order valence-corrected chi connectivity index (χ2v) is 9.54. The average molecular weight is 411 g/mol. The minimum absolute atomic E-state index is 0.0407. The molecule has 0 bridgehead atoms. The van der Waals surface area contributed by atoms with E-state index in [1.807, 2.05) is 32.0 Å². The molecule has 1 fully saturated rings. The van der Waals surface area contributed by atoms with E-state index in [0.29, 0.717) is 17.3 Å². The van der Waals surface area contributed by atoms with Gasteiger partial charge in [0.15, 0.2) is 9.84 Å². The first-order valence-corrected chi connectivity index (χ1v) is 11.0. The summed E-state index contributed by atoms with van der Waals surface area (Å²) >= 11 is 6.00. The van der Waals surface area contributed by atoms with Crippen molar-refractivity contribution in [1.82, 2.24) is 15.1 Å². The number of carbonyl (C=O) groups excluding carboxylic acids is 1. The number of benzene rings is 1. The molecule has 7 nitrogen and oxygen atoms in total. The van der Waals surface area contributed by atoms with Gasteiger partial charge in [0, 0.05) is 17.1 Å². The van der Waals surface area contributed by atoms with Crippen LogP contribution in [0.4, 0.5) is 5.82 Å². The van der Waals surface area contributed by atoms with Crippen molar-refractivity contribution in [2.75, 3.05) is 23.4 Å². The molecule has 27 heavy (non-hydrogen) atoms. The minimum atomic E-state index is -3.03. The largest absolute Gasteiger partial charge is 0.310 e. The number of amides is 1. The maximum atomic E-state index is 12.4. The van der Waals surface area contributed by atoms with E-state index in [0.717, 1.165) is 11.3 Å². The van der Waals surface area contributed by atoms with Crippen LogP contribution in [-0.2, 0) is 14.6 Å². The molecule has 1 aliphatic rings. The van der Waals surface area contributed by atoms with E-state index in [2.05, 4.69) is 15.7 Å².